The van der Waals surface area contributed by atoms with Gasteiger partial charge in [0.15, 0.2) is 18.3 Å². The summed E-state index contributed by atoms with van der Waals surface area (Å²) in [6.45, 7) is 2.13. The second kappa shape index (κ2) is 9.43. The number of aromatic nitrogens is 2. The fourth-order valence-corrected chi connectivity index (χ4v) is 5.79. The molecule has 1 aliphatic heterocycles. The number of nitrogens with zero attached hydrogens (tertiary/aromatic N) is 2. The van der Waals surface area contributed by atoms with Crippen molar-refractivity contribution in [2.45, 2.75) is 51.2 Å². The van der Waals surface area contributed by atoms with Gasteiger partial charge >= 0.3 is 0 Å². The molecule has 4 aromatic rings. The van der Waals surface area contributed by atoms with Gasteiger partial charge in [0, 0.05) is 45.8 Å². The second-order valence-corrected chi connectivity index (χ2v) is 9.76. The van der Waals surface area contributed by atoms with Crippen molar-refractivity contribution in [1.29, 1.82) is 0 Å². The summed E-state index contributed by atoms with van der Waals surface area (Å²) in [4.78, 5) is 9.79. The van der Waals surface area contributed by atoms with Crippen molar-refractivity contribution < 1.29 is 19.4 Å². The lowest BCUT2D eigenvalue weighted by atomic mass is 10.00. The van der Waals surface area contributed by atoms with Crippen LogP contribution in [0.4, 0.5) is 0 Å². The van der Waals surface area contributed by atoms with Gasteiger partial charge in [-0.15, -0.1) is 11.3 Å². The third-order valence-corrected chi connectivity index (χ3v) is 7.50. The monoisotopic (exact) mass is 484 g/mol. The number of pyridine rings is 1. The van der Waals surface area contributed by atoms with E-state index in [0.29, 0.717) is 17.9 Å². The molecule has 8 heteroatoms. The normalized spacial score (nSPS) is 16.2. The minimum Gasteiger partial charge on any atom is -0.481 e. The fraction of sp³-hybridized carbons (Fsp3) is 0.360. The van der Waals surface area contributed by atoms with E-state index < -0.39 is 6.10 Å². The molecule has 0 aliphatic carbocycles. The van der Waals surface area contributed by atoms with E-state index in [-0.39, 0.29) is 12.7 Å². The highest BCUT2D eigenvalue weighted by Gasteiger charge is 2.32. The van der Waals surface area contributed by atoms with Crippen molar-refractivity contribution in [3.05, 3.63) is 63.8 Å². The molecule has 0 bridgehead atoms. The molecule has 0 spiro atoms. The number of fused-ring (bicyclic) bond motifs is 2. The second-order valence-electron chi connectivity index (χ2n) is 8.24. The highest BCUT2D eigenvalue weighted by atomic mass is 35.5. The van der Waals surface area contributed by atoms with Crippen LogP contribution >= 0.6 is 22.9 Å². The van der Waals surface area contributed by atoms with Crippen LogP contribution in [0.25, 0.3) is 21.3 Å². The van der Waals surface area contributed by atoms with Gasteiger partial charge in [0.1, 0.15) is 5.75 Å². The average Bonchev–Trinajstić information content (AvgIpc) is 3.55. The molecule has 0 amide bonds. The summed E-state index contributed by atoms with van der Waals surface area (Å²) >= 11 is 8.08. The van der Waals surface area contributed by atoms with Crippen LogP contribution in [-0.4, -0.2) is 26.8 Å². The molecule has 172 valence electrons. The van der Waals surface area contributed by atoms with E-state index >= 15 is 0 Å². The molecule has 1 unspecified atom stereocenters. The number of thiophene rings is 1. The van der Waals surface area contributed by atoms with Crippen LogP contribution in [0.15, 0.2) is 41.3 Å². The van der Waals surface area contributed by atoms with Gasteiger partial charge in [0.05, 0.1) is 22.0 Å². The minimum atomic E-state index is -0.501. The molecule has 33 heavy (non-hydrogen) atoms. The van der Waals surface area contributed by atoms with Gasteiger partial charge in [-0.3, -0.25) is 4.98 Å². The highest BCUT2D eigenvalue weighted by Crippen LogP contribution is 2.48. The molecule has 1 aliphatic rings. The van der Waals surface area contributed by atoms with Crippen molar-refractivity contribution in [3.8, 4) is 16.9 Å². The van der Waals surface area contributed by atoms with E-state index in [2.05, 4.69) is 9.97 Å². The molecule has 2 atom stereocenters. The Hall–Kier alpha value is -2.45. The van der Waals surface area contributed by atoms with E-state index in [0.717, 1.165) is 68.3 Å². The molecule has 0 saturated heterocycles. The van der Waals surface area contributed by atoms with Crippen LogP contribution in [0.2, 0.25) is 5.02 Å². The molecule has 0 fully saturated rings. The molecule has 0 saturated carbocycles. The predicted octanol–water partition coefficient (Wildman–Crippen LogP) is 6.04. The number of halogens is 1. The lowest BCUT2D eigenvalue weighted by Gasteiger charge is -2.13. The molecular weight excluding hydrogens is 460 g/mol. The number of aryl methyl sites for hydroxylation is 1. The zero-order valence-electron chi connectivity index (χ0n) is 18.3. The van der Waals surface area contributed by atoms with Crippen molar-refractivity contribution in [1.82, 2.24) is 9.97 Å². The molecule has 5 rings (SSSR count). The third-order valence-electron chi connectivity index (χ3n) is 6.02. The SMILES string of the molecule is CCC(O)c1cc2nccc(-c3cc(Cl)cc4c3O[C@@H](c3ocnc3CCCCO)C4)c2s1. The number of unbranched alkanes of at least 4 members (excludes halogenated alkanes) is 1. The van der Waals surface area contributed by atoms with Gasteiger partial charge in [-0.05, 0) is 49.9 Å². The summed E-state index contributed by atoms with van der Waals surface area (Å²) in [5.41, 5.74) is 4.64. The molecule has 1 aromatic carbocycles. The maximum absolute atomic E-state index is 10.3. The Morgan fingerprint density at radius 1 is 1.21 bits per heavy atom. The Morgan fingerprint density at radius 3 is 2.91 bits per heavy atom. The standard InChI is InChI=1S/C25H25ClN2O4S/c1-2-20(30)22-12-19-25(33-22)16(6-7-27-19)17-11-15(26)9-14-10-21(32-23(14)17)24-18(28-13-31-24)5-3-4-8-29/h6-7,9,11-13,20-21,29-30H,2-5,8,10H2,1H3/t20?,21-/m1/s1. The smallest absolute Gasteiger partial charge is 0.181 e. The Bertz CT molecular complexity index is 1280. The van der Waals surface area contributed by atoms with Crippen molar-refractivity contribution in [3.63, 3.8) is 0 Å². The van der Waals surface area contributed by atoms with Gasteiger partial charge in [0.25, 0.3) is 0 Å². The van der Waals surface area contributed by atoms with Crippen molar-refractivity contribution in [2.24, 2.45) is 0 Å². The summed E-state index contributed by atoms with van der Waals surface area (Å²) in [6.07, 6.45) is 6.06. The van der Waals surface area contributed by atoms with E-state index in [1.54, 1.807) is 17.5 Å². The summed E-state index contributed by atoms with van der Waals surface area (Å²) in [5.74, 6) is 1.52. The number of aliphatic hydroxyl groups excluding tert-OH is 2. The quantitative estimate of drug-likeness (QED) is 0.296. The van der Waals surface area contributed by atoms with Gasteiger partial charge in [0.2, 0.25) is 0 Å². The van der Waals surface area contributed by atoms with E-state index in [9.17, 15) is 5.11 Å². The number of benzene rings is 1. The number of oxazole rings is 1. The zero-order chi connectivity index (χ0) is 22.9. The first-order chi connectivity index (χ1) is 16.1. The average molecular weight is 485 g/mol. The van der Waals surface area contributed by atoms with E-state index in [1.807, 2.05) is 31.2 Å². The largest absolute Gasteiger partial charge is 0.481 e. The number of rotatable bonds is 8. The first-order valence-corrected chi connectivity index (χ1v) is 12.4. The highest BCUT2D eigenvalue weighted by molar-refractivity contribution is 7.19. The van der Waals surface area contributed by atoms with Crippen LogP contribution < -0.4 is 4.74 Å². The van der Waals surface area contributed by atoms with E-state index in [4.69, 9.17) is 25.9 Å². The number of hydrogen-bond donors (Lipinski definition) is 2. The van der Waals surface area contributed by atoms with Crippen LogP contribution in [0.3, 0.4) is 0 Å². The predicted molar refractivity (Wildman–Crippen MR) is 129 cm³/mol. The Morgan fingerprint density at radius 2 is 2.09 bits per heavy atom. The fourth-order valence-electron chi connectivity index (χ4n) is 4.34. The first kappa shape index (κ1) is 22.3. The lowest BCUT2D eigenvalue weighted by Crippen LogP contribution is -2.06. The molecular formula is C25H25ClN2O4S. The van der Waals surface area contributed by atoms with Crippen LogP contribution in [0.5, 0.6) is 5.75 Å². The van der Waals surface area contributed by atoms with Crippen molar-refractivity contribution >= 4 is 33.2 Å². The minimum absolute atomic E-state index is 0.167. The Kier molecular flexibility index (Phi) is 6.38. The number of aliphatic hydroxyl groups is 2. The summed E-state index contributed by atoms with van der Waals surface area (Å²) in [5, 5.41) is 20.1. The maximum Gasteiger partial charge on any atom is 0.181 e. The maximum atomic E-state index is 10.3. The molecule has 2 N–H and O–H groups in total. The van der Waals surface area contributed by atoms with Gasteiger partial charge in [-0.25, -0.2) is 4.98 Å². The summed E-state index contributed by atoms with van der Waals surface area (Å²) in [6, 6.07) is 7.80. The third kappa shape index (κ3) is 4.26. The molecule has 3 aromatic heterocycles. The summed E-state index contributed by atoms with van der Waals surface area (Å²) in [7, 11) is 0. The van der Waals surface area contributed by atoms with Crippen molar-refractivity contribution in [2.75, 3.05) is 6.61 Å². The van der Waals surface area contributed by atoms with Gasteiger partial charge in [-0.1, -0.05) is 18.5 Å². The molecule has 0 radical (unpaired) electrons. The first-order valence-electron chi connectivity index (χ1n) is 11.2. The molecule has 4 heterocycles. The lowest BCUT2D eigenvalue weighted by molar-refractivity contribution is 0.177. The van der Waals surface area contributed by atoms with Crippen LogP contribution in [0.1, 0.15) is 60.3 Å². The topological polar surface area (TPSA) is 88.6 Å². The zero-order valence-corrected chi connectivity index (χ0v) is 19.8. The number of ether oxygens (including phenoxy) is 1. The Labute approximate surface area is 200 Å². The summed E-state index contributed by atoms with van der Waals surface area (Å²) < 4.78 is 13.2. The van der Waals surface area contributed by atoms with Gasteiger partial charge in [-0.2, -0.15) is 0 Å². The Balaban J connectivity index is 1.52. The van der Waals surface area contributed by atoms with Crippen LogP contribution in [0, 0.1) is 0 Å². The van der Waals surface area contributed by atoms with Gasteiger partial charge < -0.3 is 19.4 Å². The van der Waals surface area contributed by atoms with Crippen LogP contribution in [-0.2, 0) is 12.8 Å². The number of hydrogen-bond acceptors (Lipinski definition) is 7. The van der Waals surface area contributed by atoms with E-state index in [1.165, 1.54) is 6.39 Å². The molecule has 6 nitrogen and oxygen atoms in total.